The molecule has 8 heteroatoms. The van der Waals surface area contributed by atoms with Gasteiger partial charge in [-0.1, -0.05) is 17.8 Å². The molecule has 0 unspecified atom stereocenters. The van der Waals surface area contributed by atoms with E-state index in [0.717, 1.165) is 31.5 Å². The van der Waals surface area contributed by atoms with Crippen molar-refractivity contribution in [2.24, 2.45) is 0 Å². The normalized spacial score (nSPS) is 11.4. The maximum absolute atomic E-state index is 10.8. The summed E-state index contributed by atoms with van der Waals surface area (Å²) in [5.74, 6) is 0.711. The monoisotopic (exact) mass is 356 g/mol. The van der Waals surface area contributed by atoms with Gasteiger partial charge in [0.2, 0.25) is 0 Å². The van der Waals surface area contributed by atoms with Gasteiger partial charge in [-0.25, -0.2) is 9.97 Å². The summed E-state index contributed by atoms with van der Waals surface area (Å²) in [5, 5.41) is 10.8. The average Bonchev–Trinajstić information content (AvgIpc) is 3.16. The predicted molar refractivity (Wildman–Crippen MR) is 95.8 cm³/mol. The number of benzene rings is 1. The van der Waals surface area contributed by atoms with Gasteiger partial charge in [0.15, 0.2) is 4.34 Å². The quantitative estimate of drug-likeness (QED) is 0.307. The summed E-state index contributed by atoms with van der Waals surface area (Å²) >= 11 is 3.07. The molecule has 4 aromatic rings. The van der Waals surface area contributed by atoms with Crippen molar-refractivity contribution in [3.63, 3.8) is 0 Å². The number of rotatable bonds is 4. The Balaban J connectivity index is 1.57. The molecule has 6 nitrogen and oxygen atoms in total. The van der Waals surface area contributed by atoms with Crippen molar-refractivity contribution in [1.29, 1.82) is 0 Å². The van der Waals surface area contributed by atoms with Gasteiger partial charge in [-0.15, -0.1) is 11.3 Å². The second kappa shape index (κ2) is 5.88. The number of aromatic nitrogens is 3. The molecule has 0 amide bonds. The van der Waals surface area contributed by atoms with Gasteiger partial charge < -0.3 is 4.40 Å². The molecule has 0 spiro atoms. The second-order valence-electron chi connectivity index (χ2n) is 5.33. The number of hydrogen-bond donors (Lipinski definition) is 0. The van der Waals surface area contributed by atoms with E-state index in [2.05, 4.69) is 9.97 Å². The summed E-state index contributed by atoms with van der Waals surface area (Å²) in [4.78, 5) is 19.6. The van der Waals surface area contributed by atoms with E-state index in [1.54, 1.807) is 23.9 Å². The molecule has 24 heavy (non-hydrogen) atoms. The van der Waals surface area contributed by atoms with Crippen LogP contribution < -0.4 is 0 Å². The number of imidazole rings is 1. The molecule has 0 saturated heterocycles. The van der Waals surface area contributed by atoms with Gasteiger partial charge in [-0.2, -0.15) is 0 Å². The molecule has 0 N–H and O–H groups in total. The lowest BCUT2D eigenvalue weighted by Crippen LogP contribution is -1.85. The van der Waals surface area contributed by atoms with Crippen molar-refractivity contribution in [3.05, 3.63) is 64.1 Å². The molecule has 3 aromatic heterocycles. The fourth-order valence-electron chi connectivity index (χ4n) is 2.48. The van der Waals surface area contributed by atoms with E-state index >= 15 is 0 Å². The van der Waals surface area contributed by atoms with Crippen molar-refractivity contribution < 1.29 is 4.92 Å². The molecule has 1 aromatic carbocycles. The first-order chi connectivity index (χ1) is 11.6. The van der Waals surface area contributed by atoms with E-state index in [1.807, 2.05) is 35.9 Å². The topological polar surface area (TPSA) is 73.3 Å². The number of hydrogen-bond acceptors (Lipinski definition) is 6. The molecule has 120 valence electrons. The minimum atomic E-state index is -0.384. The molecule has 0 bridgehead atoms. The third-order valence-corrected chi connectivity index (χ3v) is 5.83. The minimum absolute atomic E-state index is 0.0959. The highest BCUT2D eigenvalue weighted by Gasteiger charge is 2.11. The van der Waals surface area contributed by atoms with Gasteiger partial charge in [-0.05, 0) is 24.6 Å². The summed E-state index contributed by atoms with van der Waals surface area (Å²) in [6.07, 6.45) is 4.01. The number of non-ortho nitro benzene ring substituents is 1. The van der Waals surface area contributed by atoms with Crippen molar-refractivity contribution >= 4 is 44.6 Å². The summed E-state index contributed by atoms with van der Waals surface area (Å²) < 4.78 is 3.74. The molecule has 0 fully saturated rings. The lowest BCUT2D eigenvalue weighted by molar-refractivity contribution is -0.384. The van der Waals surface area contributed by atoms with E-state index in [1.165, 1.54) is 17.4 Å². The van der Waals surface area contributed by atoms with E-state index in [9.17, 15) is 10.1 Å². The van der Waals surface area contributed by atoms with Crippen LogP contribution in [0.15, 0.2) is 47.1 Å². The van der Waals surface area contributed by atoms with E-state index < -0.39 is 0 Å². The van der Waals surface area contributed by atoms with Crippen molar-refractivity contribution in [2.45, 2.75) is 17.0 Å². The summed E-state index contributed by atoms with van der Waals surface area (Å²) in [7, 11) is 0. The van der Waals surface area contributed by atoms with Crippen LogP contribution in [0.4, 0.5) is 5.69 Å². The molecular formula is C16H12N4O2S2. The molecule has 0 saturated carbocycles. The number of nitro groups is 1. The van der Waals surface area contributed by atoms with Gasteiger partial charge in [0.1, 0.15) is 5.65 Å². The van der Waals surface area contributed by atoms with Gasteiger partial charge in [0.25, 0.3) is 5.69 Å². The Morgan fingerprint density at radius 3 is 3.00 bits per heavy atom. The largest absolute Gasteiger partial charge is 0.307 e. The third-order valence-electron chi connectivity index (χ3n) is 3.63. The summed E-state index contributed by atoms with van der Waals surface area (Å²) in [5.41, 5.74) is 3.98. The molecule has 0 aliphatic rings. The number of nitro benzene ring substituents is 1. The van der Waals surface area contributed by atoms with Crippen LogP contribution in [-0.4, -0.2) is 19.3 Å². The number of thioether (sulfide) groups is 1. The van der Waals surface area contributed by atoms with Crippen LogP contribution in [0, 0.1) is 17.0 Å². The molecule has 3 heterocycles. The van der Waals surface area contributed by atoms with E-state index in [-0.39, 0.29) is 10.6 Å². The lowest BCUT2D eigenvalue weighted by atomic mass is 10.3. The Morgan fingerprint density at radius 1 is 1.33 bits per heavy atom. The highest BCUT2D eigenvalue weighted by molar-refractivity contribution is 8.00. The maximum atomic E-state index is 10.8. The van der Waals surface area contributed by atoms with Gasteiger partial charge in [-0.3, -0.25) is 10.1 Å². The van der Waals surface area contributed by atoms with Crippen LogP contribution in [0.2, 0.25) is 0 Å². The fourth-order valence-corrected chi connectivity index (χ4v) is 4.46. The summed E-state index contributed by atoms with van der Waals surface area (Å²) in [6, 6.07) is 8.80. The average molecular weight is 356 g/mol. The third kappa shape index (κ3) is 2.74. The van der Waals surface area contributed by atoms with Crippen LogP contribution in [0.3, 0.4) is 0 Å². The number of aryl methyl sites for hydroxylation is 1. The van der Waals surface area contributed by atoms with Crippen molar-refractivity contribution in [1.82, 2.24) is 14.4 Å². The number of nitrogens with zero attached hydrogens (tertiary/aromatic N) is 4. The Kier molecular flexibility index (Phi) is 3.70. The number of thiazole rings is 1. The van der Waals surface area contributed by atoms with Crippen molar-refractivity contribution in [2.75, 3.05) is 0 Å². The highest BCUT2D eigenvalue weighted by atomic mass is 32.2. The van der Waals surface area contributed by atoms with Crippen molar-refractivity contribution in [3.8, 4) is 0 Å². The Labute approximate surface area is 145 Å². The van der Waals surface area contributed by atoms with Crippen LogP contribution in [0.1, 0.15) is 11.3 Å². The molecule has 0 aliphatic heterocycles. The van der Waals surface area contributed by atoms with Gasteiger partial charge in [0.05, 0.1) is 20.8 Å². The maximum Gasteiger partial charge on any atom is 0.270 e. The Bertz CT molecular complexity index is 1070. The second-order valence-corrected chi connectivity index (χ2v) is 7.59. The number of pyridine rings is 1. The first-order valence-electron chi connectivity index (χ1n) is 7.21. The minimum Gasteiger partial charge on any atom is -0.307 e. The standard InChI is InChI=1S/C16H12N4O2S2/c1-10-3-2-6-19-8-11(17-15(10)19)9-23-16-18-13-5-4-12(20(21)22)7-14(13)24-16/h2-8H,9H2,1H3. The first kappa shape index (κ1) is 15.1. The first-order valence-corrected chi connectivity index (χ1v) is 9.01. The van der Waals surface area contributed by atoms with E-state index in [4.69, 9.17) is 0 Å². The van der Waals surface area contributed by atoms with Crippen LogP contribution >= 0.6 is 23.1 Å². The Morgan fingerprint density at radius 2 is 2.21 bits per heavy atom. The molecule has 0 radical (unpaired) electrons. The smallest absolute Gasteiger partial charge is 0.270 e. The molecule has 4 rings (SSSR count). The summed E-state index contributed by atoms with van der Waals surface area (Å²) in [6.45, 7) is 2.04. The van der Waals surface area contributed by atoms with Crippen LogP contribution in [-0.2, 0) is 5.75 Å². The molecule has 0 aliphatic carbocycles. The van der Waals surface area contributed by atoms with Gasteiger partial charge in [0, 0.05) is 30.3 Å². The molecule has 0 atom stereocenters. The zero-order valence-electron chi connectivity index (χ0n) is 12.7. The van der Waals surface area contributed by atoms with Crippen LogP contribution in [0.5, 0.6) is 0 Å². The highest BCUT2D eigenvalue weighted by Crippen LogP contribution is 2.33. The zero-order chi connectivity index (χ0) is 16.7. The zero-order valence-corrected chi connectivity index (χ0v) is 14.3. The van der Waals surface area contributed by atoms with E-state index in [0.29, 0.717) is 5.75 Å². The molecular weight excluding hydrogens is 344 g/mol. The van der Waals surface area contributed by atoms with Gasteiger partial charge >= 0.3 is 0 Å². The lowest BCUT2D eigenvalue weighted by Gasteiger charge is -1.94. The fraction of sp³-hybridized carbons (Fsp3) is 0.125. The number of fused-ring (bicyclic) bond motifs is 2. The SMILES string of the molecule is Cc1cccn2cc(CSc3nc4ccc([N+](=O)[O-])cc4s3)nc12. The Hall–Kier alpha value is -2.45. The predicted octanol–water partition coefficient (Wildman–Crippen LogP) is 4.45. The van der Waals surface area contributed by atoms with Crippen LogP contribution in [0.25, 0.3) is 15.9 Å².